The number of piperazine rings is 1. The predicted molar refractivity (Wildman–Crippen MR) is 134 cm³/mol. The Balaban J connectivity index is 1.26. The number of carbonyl (C=O) groups is 2. The van der Waals surface area contributed by atoms with E-state index in [0.717, 1.165) is 23.4 Å². The lowest BCUT2D eigenvalue weighted by Gasteiger charge is -2.42. The van der Waals surface area contributed by atoms with Gasteiger partial charge in [0.15, 0.2) is 0 Å². The van der Waals surface area contributed by atoms with E-state index in [-0.39, 0.29) is 36.3 Å². The van der Waals surface area contributed by atoms with E-state index in [1.54, 1.807) is 34.8 Å². The number of halogens is 1. The summed E-state index contributed by atoms with van der Waals surface area (Å²) in [5.74, 6) is -0.0742. The number of nitrogens with zero attached hydrogens (tertiary/aromatic N) is 3. The molecule has 2 aromatic heterocycles. The summed E-state index contributed by atoms with van der Waals surface area (Å²) in [5, 5.41) is 4.07. The van der Waals surface area contributed by atoms with Gasteiger partial charge in [-0.3, -0.25) is 14.5 Å². The number of rotatable bonds is 5. The second-order valence-corrected chi connectivity index (χ2v) is 11.0. The van der Waals surface area contributed by atoms with Crippen LogP contribution in [0.15, 0.2) is 53.2 Å². The second-order valence-electron chi connectivity index (χ2n) is 9.01. The first kappa shape index (κ1) is 23.2. The Bertz CT molecular complexity index is 1160. The molecule has 0 radical (unpaired) electrons. The largest absolute Gasteiger partial charge is 0.338 e. The van der Waals surface area contributed by atoms with Crippen LogP contribution in [0.1, 0.15) is 33.8 Å². The molecule has 0 saturated carbocycles. The van der Waals surface area contributed by atoms with Crippen molar-refractivity contribution in [3.63, 3.8) is 0 Å². The van der Waals surface area contributed by atoms with Crippen LogP contribution in [0, 0.1) is 5.82 Å². The number of carbonyl (C=O) groups excluding carboxylic acids is 2. The van der Waals surface area contributed by atoms with Gasteiger partial charge in [-0.05, 0) is 59.5 Å². The predicted octanol–water partition coefficient (Wildman–Crippen LogP) is 4.20. The third-order valence-corrected chi connectivity index (χ3v) is 8.65. The van der Waals surface area contributed by atoms with Crippen molar-refractivity contribution >= 4 is 34.5 Å². The minimum atomic E-state index is -0.261. The number of benzene rings is 1. The van der Waals surface area contributed by atoms with Crippen LogP contribution in [-0.4, -0.2) is 65.3 Å². The van der Waals surface area contributed by atoms with Gasteiger partial charge in [-0.1, -0.05) is 18.2 Å². The van der Waals surface area contributed by atoms with Gasteiger partial charge >= 0.3 is 0 Å². The molecule has 2 aliphatic heterocycles. The van der Waals surface area contributed by atoms with Gasteiger partial charge in [-0.2, -0.15) is 0 Å². The lowest BCUT2D eigenvalue weighted by Crippen LogP contribution is -2.57. The third-order valence-electron chi connectivity index (χ3n) is 6.77. The maximum atomic E-state index is 14.0. The average Bonchev–Trinajstić information content (AvgIpc) is 3.50. The molecule has 2 amide bonds. The molecule has 34 heavy (non-hydrogen) atoms. The van der Waals surface area contributed by atoms with Gasteiger partial charge in [-0.15, -0.1) is 22.7 Å². The van der Waals surface area contributed by atoms with Gasteiger partial charge in [0.25, 0.3) is 0 Å². The molecular weight excluding hydrogens is 469 g/mol. The van der Waals surface area contributed by atoms with Crippen molar-refractivity contribution in [1.29, 1.82) is 0 Å². The van der Waals surface area contributed by atoms with E-state index in [1.807, 2.05) is 40.3 Å². The van der Waals surface area contributed by atoms with Gasteiger partial charge in [-0.25, -0.2) is 4.39 Å². The molecule has 4 heterocycles. The Morgan fingerprint density at radius 1 is 1.03 bits per heavy atom. The lowest BCUT2D eigenvalue weighted by atomic mass is 9.93. The highest BCUT2D eigenvalue weighted by Crippen LogP contribution is 2.37. The maximum absolute atomic E-state index is 14.0. The smallest absolute Gasteiger partial charge is 0.236 e. The fourth-order valence-corrected chi connectivity index (χ4v) is 6.70. The normalized spacial score (nSPS) is 20.9. The molecule has 5 nitrogen and oxygen atoms in total. The zero-order chi connectivity index (χ0) is 23.7. The van der Waals surface area contributed by atoms with Crippen LogP contribution < -0.4 is 0 Å². The van der Waals surface area contributed by atoms with Gasteiger partial charge in [0, 0.05) is 42.0 Å². The second kappa shape index (κ2) is 9.98. The highest BCUT2D eigenvalue weighted by Gasteiger charge is 2.34. The van der Waals surface area contributed by atoms with Gasteiger partial charge < -0.3 is 9.80 Å². The highest BCUT2D eigenvalue weighted by atomic mass is 32.1. The Morgan fingerprint density at radius 3 is 2.68 bits per heavy atom. The molecule has 0 N–H and O–H groups in total. The Labute approximate surface area is 207 Å². The summed E-state index contributed by atoms with van der Waals surface area (Å²) in [6.45, 7) is 4.69. The summed E-state index contributed by atoms with van der Waals surface area (Å²) in [6.07, 6.45) is 1.31. The monoisotopic (exact) mass is 497 g/mol. The van der Waals surface area contributed by atoms with E-state index in [1.165, 1.54) is 16.5 Å². The van der Waals surface area contributed by atoms with Crippen LogP contribution in [0.5, 0.6) is 0 Å². The van der Waals surface area contributed by atoms with E-state index in [2.05, 4.69) is 16.3 Å². The van der Waals surface area contributed by atoms with Crippen LogP contribution in [0.4, 0.5) is 4.39 Å². The minimum absolute atomic E-state index is 0.0194. The summed E-state index contributed by atoms with van der Waals surface area (Å²) >= 11 is 3.32. The number of fused-ring (bicyclic) bond motifs is 1. The van der Waals surface area contributed by atoms with E-state index in [4.69, 9.17) is 0 Å². The Hall–Kier alpha value is -2.55. The van der Waals surface area contributed by atoms with Crippen molar-refractivity contribution in [2.75, 3.05) is 32.7 Å². The molecule has 0 aliphatic carbocycles. The molecule has 0 bridgehead atoms. The molecule has 0 unspecified atom stereocenters. The molecule has 2 atom stereocenters. The average molecular weight is 498 g/mol. The molecule has 1 fully saturated rings. The van der Waals surface area contributed by atoms with Crippen molar-refractivity contribution in [2.24, 2.45) is 0 Å². The van der Waals surface area contributed by atoms with E-state index in [9.17, 15) is 14.0 Å². The third kappa shape index (κ3) is 4.80. The summed E-state index contributed by atoms with van der Waals surface area (Å²) in [4.78, 5) is 34.5. The van der Waals surface area contributed by atoms with Crippen LogP contribution in [0.2, 0.25) is 0 Å². The molecule has 178 valence electrons. The van der Waals surface area contributed by atoms with Gasteiger partial charge in [0.2, 0.25) is 11.8 Å². The van der Waals surface area contributed by atoms with Crippen LogP contribution in [0.25, 0.3) is 0 Å². The van der Waals surface area contributed by atoms with E-state index < -0.39 is 0 Å². The topological polar surface area (TPSA) is 43.9 Å². The van der Waals surface area contributed by atoms with Gasteiger partial charge in [0.05, 0.1) is 19.0 Å². The van der Waals surface area contributed by atoms with E-state index >= 15 is 0 Å². The molecule has 1 saturated heterocycles. The quantitative estimate of drug-likeness (QED) is 0.531. The maximum Gasteiger partial charge on any atom is 0.236 e. The first-order chi connectivity index (χ1) is 16.5. The zero-order valence-corrected chi connectivity index (χ0v) is 20.8. The first-order valence-electron chi connectivity index (χ1n) is 11.6. The highest BCUT2D eigenvalue weighted by molar-refractivity contribution is 7.10. The Kier molecular flexibility index (Phi) is 6.81. The summed E-state index contributed by atoms with van der Waals surface area (Å²) in [6, 6.07) is 12.6. The first-order valence-corrected chi connectivity index (χ1v) is 13.4. The summed E-state index contributed by atoms with van der Waals surface area (Å²) in [7, 11) is 0. The summed E-state index contributed by atoms with van der Waals surface area (Å²) < 4.78 is 14.0. The molecule has 8 heteroatoms. The molecule has 5 rings (SSSR count). The Morgan fingerprint density at radius 2 is 1.91 bits per heavy atom. The molecule has 3 aromatic rings. The number of amides is 2. The molecule has 1 aromatic carbocycles. The molecule has 0 spiro atoms. The van der Waals surface area contributed by atoms with Crippen molar-refractivity contribution in [3.8, 4) is 0 Å². The zero-order valence-electron chi connectivity index (χ0n) is 19.2. The van der Waals surface area contributed by atoms with Crippen molar-refractivity contribution in [3.05, 3.63) is 79.9 Å². The number of hydrogen-bond acceptors (Lipinski definition) is 5. The van der Waals surface area contributed by atoms with Crippen LogP contribution >= 0.6 is 22.7 Å². The lowest BCUT2D eigenvalue weighted by molar-refractivity contribution is -0.143. The van der Waals surface area contributed by atoms with Crippen molar-refractivity contribution < 1.29 is 14.0 Å². The van der Waals surface area contributed by atoms with Crippen LogP contribution in [0.3, 0.4) is 0 Å². The number of thiophene rings is 2. The van der Waals surface area contributed by atoms with Crippen molar-refractivity contribution in [2.45, 2.75) is 31.8 Å². The van der Waals surface area contributed by atoms with E-state index in [0.29, 0.717) is 26.1 Å². The SMILES string of the molecule is C[C@@H]1CN(C(=O)CN2CCc3sccc3[C@H]2c2cccc(F)c2)CCN1C(=O)Cc1cccs1. The van der Waals surface area contributed by atoms with Gasteiger partial charge in [0.1, 0.15) is 5.82 Å². The fourth-order valence-electron chi connectivity index (χ4n) is 5.10. The van der Waals surface area contributed by atoms with Crippen molar-refractivity contribution in [1.82, 2.24) is 14.7 Å². The molecular formula is C26H28FN3O2S2. The fraction of sp³-hybridized carbons (Fsp3) is 0.385. The van der Waals surface area contributed by atoms with Crippen LogP contribution in [-0.2, 0) is 22.4 Å². The summed E-state index contributed by atoms with van der Waals surface area (Å²) in [5.41, 5.74) is 2.05. The number of hydrogen-bond donors (Lipinski definition) is 0. The minimum Gasteiger partial charge on any atom is -0.338 e. The standard InChI is InChI=1S/C26H28FN3O2S2/c1-18-16-28(10-11-30(18)24(31)15-21-6-3-12-33-21)25(32)17-29-9-7-23-22(8-13-34-23)26(29)19-4-2-5-20(27)14-19/h2-6,8,12-14,18,26H,7,9-11,15-17H2,1H3/t18-,26-/m1/s1. The molecule has 2 aliphatic rings.